The Bertz CT molecular complexity index is 933. The molecule has 2 rings (SSSR count). The SMILES string of the molecule is NS(=O)(=O)c1cc([N+](=O)[O-])ccc1NCCNc1ccc(C(F)(F)F)cn1. The second-order valence-electron chi connectivity index (χ2n) is 5.27. The maximum Gasteiger partial charge on any atom is 0.417 e. The molecule has 0 spiro atoms. The van der Waals surface area contributed by atoms with Gasteiger partial charge in [0.2, 0.25) is 10.0 Å². The molecule has 1 heterocycles. The summed E-state index contributed by atoms with van der Waals surface area (Å²) < 4.78 is 60.6. The second-order valence-corrected chi connectivity index (χ2v) is 6.80. The summed E-state index contributed by atoms with van der Waals surface area (Å²) in [5.41, 5.74) is -1.25. The molecule has 0 saturated heterocycles. The molecule has 0 fully saturated rings. The zero-order valence-corrected chi connectivity index (χ0v) is 14.3. The van der Waals surface area contributed by atoms with Crippen molar-refractivity contribution in [3.8, 4) is 0 Å². The van der Waals surface area contributed by atoms with Crippen LogP contribution in [-0.4, -0.2) is 31.4 Å². The Labute approximate surface area is 151 Å². The minimum absolute atomic E-state index is 0.0604. The largest absolute Gasteiger partial charge is 0.417 e. The molecule has 1 aromatic carbocycles. The van der Waals surface area contributed by atoms with Gasteiger partial charge in [-0.05, 0) is 18.2 Å². The number of hydrogen-bond acceptors (Lipinski definition) is 7. The van der Waals surface area contributed by atoms with Crippen LogP contribution < -0.4 is 15.8 Å². The number of alkyl halides is 3. The molecule has 0 aliphatic rings. The minimum Gasteiger partial charge on any atom is -0.382 e. The molecule has 0 aliphatic heterocycles. The van der Waals surface area contributed by atoms with Gasteiger partial charge in [-0.15, -0.1) is 0 Å². The zero-order chi connectivity index (χ0) is 20.2. The van der Waals surface area contributed by atoms with E-state index in [1.54, 1.807) is 0 Å². The third kappa shape index (κ3) is 5.52. The zero-order valence-electron chi connectivity index (χ0n) is 13.5. The summed E-state index contributed by atoms with van der Waals surface area (Å²) in [5, 5.41) is 21.3. The molecule has 1 aromatic heterocycles. The first-order valence-electron chi connectivity index (χ1n) is 7.31. The molecule has 0 amide bonds. The number of aromatic nitrogens is 1. The van der Waals surface area contributed by atoms with E-state index < -0.39 is 37.3 Å². The number of nitrogens with two attached hydrogens (primary N) is 1. The van der Waals surface area contributed by atoms with Gasteiger partial charge >= 0.3 is 6.18 Å². The Morgan fingerprint density at radius 2 is 1.81 bits per heavy atom. The first-order chi connectivity index (χ1) is 12.5. The number of hydrogen-bond donors (Lipinski definition) is 3. The number of anilines is 2. The van der Waals surface area contributed by atoms with Crippen molar-refractivity contribution in [2.75, 3.05) is 23.7 Å². The highest BCUT2D eigenvalue weighted by Crippen LogP contribution is 2.29. The Hall–Kier alpha value is -2.93. The number of nitrogens with zero attached hydrogens (tertiary/aromatic N) is 2. The van der Waals surface area contributed by atoms with Gasteiger partial charge in [-0.25, -0.2) is 18.5 Å². The molecule has 0 bridgehead atoms. The number of non-ortho nitro benzene ring substituents is 1. The average molecular weight is 405 g/mol. The number of pyridine rings is 1. The van der Waals surface area contributed by atoms with Crippen LogP contribution in [0.1, 0.15) is 5.56 Å². The third-order valence-electron chi connectivity index (χ3n) is 3.32. The number of nitro groups is 1. The minimum atomic E-state index is -4.48. The van der Waals surface area contributed by atoms with Gasteiger partial charge < -0.3 is 10.6 Å². The number of halogens is 3. The van der Waals surface area contributed by atoms with E-state index in [0.717, 1.165) is 24.3 Å². The van der Waals surface area contributed by atoms with Crippen LogP contribution in [0.2, 0.25) is 0 Å². The van der Waals surface area contributed by atoms with Gasteiger partial charge in [-0.3, -0.25) is 10.1 Å². The van der Waals surface area contributed by atoms with Gasteiger partial charge in [-0.2, -0.15) is 13.2 Å². The van der Waals surface area contributed by atoms with E-state index in [2.05, 4.69) is 15.6 Å². The van der Waals surface area contributed by atoms with E-state index in [4.69, 9.17) is 5.14 Å². The van der Waals surface area contributed by atoms with Crippen molar-refractivity contribution in [3.63, 3.8) is 0 Å². The van der Waals surface area contributed by atoms with Gasteiger partial charge in [0, 0.05) is 31.4 Å². The fraction of sp³-hybridized carbons (Fsp3) is 0.214. The smallest absolute Gasteiger partial charge is 0.382 e. The predicted octanol–water partition coefficient (Wildman–Crippen LogP) is 2.18. The van der Waals surface area contributed by atoms with E-state index >= 15 is 0 Å². The lowest BCUT2D eigenvalue weighted by Gasteiger charge is -2.12. The second kappa shape index (κ2) is 7.75. The van der Waals surface area contributed by atoms with Crippen molar-refractivity contribution >= 4 is 27.2 Å². The molecular formula is C14H14F3N5O4S. The van der Waals surface area contributed by atoms with Crippen molar-refractivity contribution in [2.45, 2.75) is 11.1 Å². The van der Waals surface area contributed by atoms with Crippen LogP contribution in [0.3, 0.4) is 0 Å². The number of primary sulfonamides is 1. The van der Waals surface area contributed by atoms with Gasteiger partial charge in [-0.1, -0.05) is 0 Å². The van der Waals surface area contributed by atoms with Gasteiger partial charge in [0.25, 0.3) is 5.69 Å². The van der Waals surface area contributed by atoms with Crippen LogP contribution in [0.5, 0.6) is 0 Å². The average Bonchev–Trinajstić information content (AvgIpc) is 2.57. The molecule has 2 aromatic rings. The number of nitrogens with one attached hydrogen (secondary N) is 2. The molecule has 0 unspecified atom stereocenters. The van der Waals surface area contributed by atoms with E-state index in [0.29, 0.717) is 6.20 Å². The van der Waals surface area contributed by atoms with E-state index in [1.807, 2.05) is 0 Å². The maximum atomic E-state index is 12.5. The van der Waals surface area contributed by atoms with Crippen molar-refractivity contribution in [1.29, 1.82) is 0 Å². The van der Waals surface area contributed by atoms with Gasteiger partial charge in [0.05, 0.1) is 16.2 Å². The first-order valence-corrected chi connectivity index (χ1v) is 8.85. The Morgan fingerprint density at radius 1 is 1.15 bits per heavy atom. The van der Waals surface area contributed by atoms with E-state index in [1.165, 1.54) is 6.07 Å². The van der Waals surface area contributed by atoms with E-state index in [9.17, 15) is 31.7 Å². The maximum absolute atomic E-state index is 12.5. The van der Waals surface area contributed by atoms with Crippen molar-refractivity contribution in [3.05, 3.63) is 52.2 Å². The van der Waals surface area contributed by atoms with Crippen LogP contribution in [0.25, 0.3) is 0 Å². The summed E-state index contributed by atoms with van der Waals surface area (Å²) in [6.07, 6.45) is -3.79. The molecule has 0 aliphatic carbocycles. The van der Waals surface area contributed by atoms with E-state index in [-0.39, 0.29) is 24.6 Å². The van der Waals surface area contributed by atoms with Crippen molar-refractivity contribution < 1.29 is 26.5 Å². The van der Waals surface area contributed by atoms with Crippen LogP contribution >= 0.6 is 0 Å². The lowest BCUT2D eigenvalue weighted by Crippen LogP contribution is -2.19. The molecule has 0 radical (unpaired) electrons. The number of sulfonamides is 1. The monoisotopic (exact) mass is 405 g/mol. The highest BCUT2D eigenvalue weighted by atomic mass is 32.2. The molecule has 27 heavy (non-hydrogen) atoms. The molecule has 0 saturated carbocycles. The Balaban J connectivity index is 2.00. The first kappa shape index (κ1) is 20.4. The number of nitro benzene ring substituents is 1. The van der Waals surface area contributed by atoms with Crippen LogP contribution in [0.15, 0.2) is 41.4 Å². The fourth-order valence-corrected chi connectivity index (χ4v) is 2.79. The van der Waals surface area contributed by atoms with Crippen LogP contribution in [0.4, 0.5) is 30.4 Å². The van der Waals surface area contributed by atoms with Crippen LogP contribution in [0, 0.1) is 10.1 Å². The lowest BCUT2D eigenvalue weighted by molar-refractivity contribution is -0.385. The molecule has 9 nitrogen and oxygen atoms in total. The normalized spacial score (nSPS) is 11.9. The Morgan fingerprint density at radius 3 is 2.33 bits per heavy atom. The molecule has 4 N–H and O–H groups in total. The fourth-order valence-electron chi connectivity index (χ4n) is 2.06. The Kier molecular flexibility index (Phi) is 5.85. The van der Waals surface area contributed by atoms with Gasteiger partial charge in [0.1, 0.15) is 10.7 Å². The quantitative estimate of drug-likeness (QED) is 0.364. The summed E-state index contributed by atoms with van der Waals surface area (Å²) in [7, 11) is -4.20. The van der Waals surface area contributed by atoms with Crippen LogP contribution in [-0.2, 0) is 16.2 Å². The number of benzene rings is 1. The molecule has 146 valence electrons. The highest BCUT2D eigenvalue weighted by Gasteiger charge is 2.30. The van der Waals surface area contributed by atoms with Crippen molar-refractivity contribution in [2.24, 2.45) is 5.14 Å². The third-order valence-corrected chi connectivity index (χ3v) is 4.27. The standard InChI is InChI=1S/C14H14F3N5O4S/c15-14(16,17)9-1-4-13(21-8-9)20-6-5-19-11-3-2-10(22(23)24)7-12(11)27(18,25)26/h1-4,7-8,19H,5-6H2,(H,20,21)(H2,18,25,26). The molecular weight excluding hydrogens is 391 g/mol. The molecule has 0 atom stereocenters. The number of rotatable bonds is 7. The summed E-state index contributed by atoms with van der Waals surface area (Å²) >= 11 is 0. The lowest BCUT2D eigenvalue weighted by atomic mass is 10.2. The summed E-state index contributed by atoms with van der Waals surface area (Å²) in [4.78, 5) is 13.2. The molecule has 13 heteroatoms. The predicted molar refractivity (Wildman–Crippen MR) is 90.7 cm³/mol. The van der Waals surface area contributed by atoms with Gasteiger partial charge in [0.15, 0.2) is 0 Å². The summed E-state index contributed by atoms with van der Waals surface area (Å²) in [5.74, 6) is 0.195. The topological polar surface area (TPSA) is 140 Å². The highest BCUT2D eigenvalue weighted by molar-refractivity contribution is 7.89. The van der Waals surface area contributed by atoms with Crippen molar-refractivity contribution in [1.82, 2.24) is 4.98 Å². The summed E-state index contributed by atoms with van der Waals surface area (Å²) in [6, 6.07) is 5.18. The summed E-state index contributed by atoms with van der Waals surface area (Å²) in [6.45, 7) is 0.322.